The lowest BCUT2D eigenvalue weighted by molar-refractivity contribution is -0.125. The van der Waals surface area contributed by atoms with E-state index in [9.17, 15) is 28.7 Å². The molecule has 3 fully saturated rings. The third-order valence-electron chi connectivity index (χ3n) is 9.53. The summed E-state index contributed by atoms with van der Waals surface area (Å²) >= 11 is 16.8. The van der Waals surface area contributed by atoms with Crippen molar-refractivity contribution in [2.75, 3.05) is 16.9 Å². The summed E-state index contributed by atoms with van der Waals surface area (Å²) in [5.74, 6) is -6.50. The highest BCUT2D eigenvalue weighted by molar-refractivity contribution is 14.1. The zero-order valence-electron chi connectivity index (χ0n) is 23.5. The molecule has 45 heavy (non-hydrogen) atoms. The molecule has 3 aromatic carbocycles. The van der Waals surface area contributed by atoms with Gasteiger partial charge in [-0.05, 0) is 95.9 Å². The highest BCUT2D eigenvalue weighted by Crippen LogP contribution is 2.66. The number of phenols is 1. The molecule has 230 valence electrons. The van der Waals surface area contributed by atoms with Crippen LogP contribution < -0.4 is 14.5 Å². The monoisotopic (exact) mass is 760 g/mol. The molecule has 2 aliphatic carbocycles. The number of hydrogen-bond donors (Lipinski definition) is 1. The smallest absolute Gasteiger partial charge is 0.258 e. The molecule has 12 heteroatoms. The first-order valence-corrected chi connectivity index (χ1v) is 16.0. The van der Waals surface area contributed by atoms with Crippen molar-refractivity contribution >= 4 is 80.8 Å². The number of halogens is 4. The van der Waals surface area contributed by atoms with E-state index in [0.29, 0.717) is 17.0 Å². The number of methoxy groups -OCH3 is 1. The third kappa shape index (κ3) is 4.14. The molecule has 6 atom stereocenters. The van der Waals surface area contributed by atoms with Crippen molar-refractivity contribution in [1.29, 1.82) is 0 Å². The first kappa shape index (κ1) is 30.2. The fourth-order valence-electron chi connectivity index (χ4n) is 7.48. The number of phenolic OH excluding ortho intramolecular Hbond substituents is 1. The van der Waals surface area contributed by atoms with Gasteiger partial charge in [0.25, 0.3) is 11.8 Å². The summed E-state index contributed by atoms with van der Waals surface area (Å²) in [6.45, 7) is 0. The fourth-order valence-corrected chi connectivity index (χ4v) is 8.77. The van der Waals surface area contributed by atoms with Gasteiger partial charge in [-0.3, -0.25) is 24.1 Å². The standard InChI is InChI=1S/C33H24Cl2FIN2O6/c1-45-20-10-11-22(25(40)14-20)27-21-12-13-23-26(29(42)38(28(23)41)18-8-4-17(37)5-9-18)24(21)15-32(34)30(43)39(31(44)33(27,32)35)19-6-2-16(36)3-7-19/h2-12,14,23-24,26-27,40H,13,15H2,1H3/t23-,24+,26-,27+,32+,33-/m0/s1. The maximum Gasteiger partial charge on any atom is 0.258 e. The van der Waals surface area contributed by atoms with Gasteiger partial charge in [0, 0.05) is 21.1 Å². The molecular weight excluding hydrogens is 737 g/mol. The number of carbonyl (C=O) groups is 4. The van der Waals surface area contributed by atoms with Crippen molar-refractivity contribution in [3.63, 3.8) is 0 Å². The van der Waals surface area contributed by atoms with Crippen LogP contribution in [0.4, 0.5) is 15.8 Å². The van der Waals surface area contributed by atoms with Crippen LogP contribution in [0.3, 0.4) is 0 Å². The molecule has 2 heterocycles. The molecule has 8 nitrogen and oxygen atoms in total. The predicted octanol–water partition coefficient (Wildman–Crippen LogP) is 5.91. The Kier molecular flexibility index (Phi) is 7.06. The minimum atomic E-state index is -2.15. The predicted molar refractivity (Wildman–Crippen MR) is 173 cm³/mol. The van der Waals surface area contributed by atoms with E-state index in [1.54, 1.807) is 42.5 Å². The number of rotatable bonds is 4. The Bertz CT molecular complexity index is 1840. The molecule has 0 unspecified atom stereocenters. The first-order valence-electron chi connectivity index (χ1n) is 14.1. The average Bonchev–Trinajstić information content (AvgIpc) is 3.36. The lowest BCUT2D eigenvalue weighted by atomic mass is 9.56. The molecule has 7 rings (SSSR count). The van der Waals surface area contributed by atoms with Crippen LogP contribution in [-0.2, 0) is 19.2 Å². The number of carbonyl (C=O) groups excluding carboxylic acids is 4. The Balaban J connectivity index is 1.40. The summed E-state index contributed by atoms with van der Waals surface area (Å²) in [7, 11) is 1.43. The number of benzene rings is 3. The number of aromatic hydroxyl groups is 1. The highest BCUT2D eigenvalue weighted by atomic mass is 127. The maximum absolute atomic E-state index is 14.4. The van der Waals surface area contributed by atoms with Crippen molar-refractivity contribution in [3.8, 4) is 11.5 Å². The molecule has 1 N–H and O–H groups in total. The van der Waals surface area contributed by atoms with Crippen LogP contribution in [0.1, 0.15) is 24.3 Å². The minimum absolute atomic E-state index is 0.0744. The van der Waals surface area contributed by atoms with E-state index in [1.807, 2.05) is 0 Å². The van der Waals surface area contributed by atoms with Crippen LogP contribution >= 0.6 is 45.8 Å². The van der Waals surface area contributed by atoms with Gasteiger partial charge in [0.15, 0.2) is 9.75 Å². The number of nitrogens with zero attached hydrogens (tertiary/aromatic N) is 2. The molecule has 0 aromatic heterocycles. The summed E-state index contributed by atoms with van der Waals surface area (Å²) in [6, 6.07) is 16.3. The number of allylic oxidation sites excluding steroid dienone is 2. The van der Waals surface area contributed by atoms with Gasteiger partial charge < -0.3 is 9.84 Å². The molecule has 3 aromatic rings. The number of alkyl halides is 2. The van der Waals surface area contributed by atoms with Gasteiger partial charge in [0.2, 0.25) is 11.8 Å². The summed E-state index contributed by atoms with van der Waals surface area (Å²) in [5.41, 5.74) is 1.25. The fraction of sp³-hybridized carbons (Fsp3) is 0.273. The van der Waals surface area contributed by atoms with E-state index in [2.05, 4.69) is 22.6 Å². The molecule has 1 saturated carbocycles. The number of fused-ring (bicyclic) bond motifs is 4. The van der Waals surface area contributed by atoms with Gasteiger partial charge in [-0.1, -0.05) is 17.7 Å². The quantitative estimate of drug-likeness (QED) is 0.154. The normalized spacial score (nSPS) is 30.6. The molecule has 0 spiro atoms. The van der Waals surface area contributed by atoms with E-state index < -0.39 is 57.0 Å². The minimum Gasteiger partial charge on any atom is -0.508 e. The van der Waals surface area contributed by atoms with Gasteiger partial charge in [-0.15, -0.1) is 23.2 Å². The molecule has 2 aliphatic heterocycles. The average molecular weight is 761 g/mol. The van der Waals surface area contributed by atoms with E-state index in [0.717, 1.165) is 20.6 Å². The molecular formula is C33H24Cl2FIN2O6. The molecule has 0 bridgehead atoms. The summed E-state index contributed by atoms with van der Waals surface area (Å²) < 4.78 is 20.0. The Labute approximate surface area is 280 Å². The molecule has 4 aliphatic rings. The van der Waals surface area contributed by atoms with E-state index >= 15 is 0 Å². The van der Waals surface area contributed by atoms with E-state index in [4.69, 9.17) is 27.9 Å². The van der Waals surface area contributed by atoms with Crippen molar-refractivity contribution in [3.05, 3.63) is 93.3 Å². The second kappa shape index (κ2) is 10.5. The number of amides is 4. The van der Waals surface area contributed by atoms with Crippen LogP contribution in [0.25, 0.3) is 0 Å². The zero-order chi connectivity index (χ0) is 32.0. The van der Waals surface area contributed by atoms with Crippen molar-refractivity contribution in [1.82, 2.24) is 0 Å². The van der Waals surface area contributed by atoms with Gasteiger partial charge >= 0.3 is 0 Å². The van der Waals surface area contributed by atoms with Gasteiger partial charge in [-0.2, -0.15) is 0 Å². The summed E-state index contributed by atoms with van der Waals surface area (Å²) in [5, 5.41) is 11.3. The molecule has 2 saturated heterocycles. The lowest BCUT2D eigenvalue weighted by Crippen LogP contribution is -2.60. The summed E-state index contributed by atoms with van der Waals surface area (Å²) in [4.78, 5) is 54.4. The Morgan fingerprint density at radius 1 is 0.889 bits per heavy atom. The largest absolute Gasteiger partial charge is 0.508 e. The van der Waals surface area contributed by atoms with E-state index in [-0.39, 0.29) is 35.7 Å². The lowest BCUT2D eigenvalue weighted by Gasteiger charge is -2.50. The van der Waals surface area contributed by atoms with Gasteiger partial charge in [-0.25, -0.2) is 9.29 Å². The van der Waals surface area contributed by atoms with Crippen molar-refractivity contribution < 1.29 is 33.4 Å². The van der Waals surface area contributed by atoms with Crippen LogP contribution in [0.15, 0.2) is 78.4 Å². The topological polar surface area (TPSA) is 104 Å². The highest BCUT2D eigenvalue weighted by Gasteiger charge is 2.77. The summed E-state index contributed by atoms with van der Waals surface area (Å²) in [6.07, 6.45) is 1.75. The van der Waals surface area contributed by atoms with Crippen LogP contribution in [-0.4, -0.2) is 45.6 Å². The maximum atomic E-state index is 14.4. The molecule has 4 amide bonds. The Hall–Kier alpha value is -3.48. The van der Waals surface area contributed by atoms with Crippen LogP contribution in [0, 0.1) is 27.1 Å². The van der Waals surface area contributed by atoms with Gasteiger partial charge in [0.05, 0.1) is 30.3 Å². The van der Waals surface area contributed by atoms with Crippen molar-refractivity contribution in [2.24, 2.45) is 17.8 Å². The van der Waals surface area contributed by atoms with Crippen LogP contribution in [0.2, 0.25) is 0 Å². The van der Waals surface area contributed by atoms with Crippen molar-refractivity contribution in [2.45, 2.75) is 28.5 Å². The van der Waals surface area contributed by atoms with Crippen LogP contribution in [0.5, 0.6) is 11.5 Å². The number of anilines is 2. The number of ether oxygens (including phenoxy) is 1. The SMILES string of the molecule is COc1ccc([C@H]2C3=CC[C@@H]4C(=O)N(c5ccc(I)cc5)C(=O)[C@@H]4[C@@H]3C[C@@]3(Cl)C(=O)N(c4ccc(F)cc4)C(=O)[C@@]23Cl)c(O)c1. The molecule has 0 radical (unpaired) electrons. The first-order chi connectivity index (χ1) is 21.4. The number of imide groups is 2. The van der Waals surface area contributed by atoms with E-state index in [1.165, 1.54) is 30.2 Å². The second-order valence-corrected chi connectivity index (χ2v) is 14.2. The van der Waals surface area contributed by atoms with Gasteiger partial charge in [0.1, 0.15) is 17.3 Å². The zero-order valence-corrected chi connectivity index (χ0v) is 27.2. The number of hydrogen-bond acceptors (Lipinski definition) is 6. The second-order valence-electron chi connectivity index (χ2n) is 11.7. The Morgan fingerprint density at radius 2 is 1.53 bits per heavy atom. The Morgan fingerprint density at radius 3 is 2.18 bits per heavy atom. The third-order valence-corrected chi connectivity index (χ3v) is 11.7.